The van der Waals surface area contributed by atoms with Gasteiger partial charge < -0.3 is 4.98 Å². The van der Waals surface area contributed by atoms with Crippen molar-refractivity contribution in [3.8, 4) is 0 Å². The first kappa shape index (κ1) is 10.0. The molecule has 3 aromatic rings. The molecule has 3 rings (SSSR count). The molecule has 16 heavy (non-hydrogen) atoms. The van der Waals surface area contributed by atoms with Crippen molar-refractivity contribution >= 4 is 50.7 Å². The Morgan fingerprint density at radius 1 is 1.44 bits per heavy atom. The summed E-state index contributed by atoms with van der Waals surface area (Å²) in [6, 6.07) is 3.48. The largest absolute Gasteiger partial charge is 0.370 e. The Morgan fingerprint density at radius 2 is 2.25 bits per heavy atom. The van der Waals surface area contributed by atoms with Gasteiger partial charge >= 0.3 is 5.69 Å². The molecule has 0 saturated carbocycles. The maximum Gasteiger partial charge on any atom is 0.370 e. The highest BCUT2D eigenvalue weighted by atomic mass is 127. The summed E-state index contributed by atoms with van der Waals surface area (Å²) in [6.45, 7) is 0. The smallest absolute Gasteiger partial charge is 0.329 e. The highest BCUT2D eigenvalue weighted by Gasteiger charge is 2.10. The highest BCUT2D eigenvalue weighted by Crippen LogP contribution is 2.25. The minimum atomic E-state index is -0.415. The summed E-state index contributed by atoms with van der Waals surface area (Å²) in [5.41, 5.74) is 0.795. The predicted octanol–water partition coefficient (Wildman–Crippen LogP) is 1.83. The van der Waals surface area contributed by atoms with Gasteiger partial charge in [-0.3, -0.25) is 0 Å². The number of nitrogens with zero attached hydrogens (tertiary/aromatic N) is 3. The number of halogens is 2. The number of benzene rings is 1. The summed E-state index contributed by atoms with van der Waals surface area (Å²) in [7, 11) is 0. The SMILES string of the molecule is O=c1nc2cc(Cl)cc(I)c2c2[nH]cnn12. The molecule has 0 fully saturated rings. The summed E-state index contributed by atoms with van der Waals surface area (Å²) < 4.78 is 2.16. The molecule has 1 N–H and O–H groups in total. The van der Waals surface area contributed by atoms with Gasteiger partial charge in [-0.2, -0.15) is 14.6 Å². The van der Waals surface area contributed by atoms with Crippen LogP contribution in [0.15, 0.2) is 23.3 Å². The third-order valence-electron chi connectivity index (χ3n) is 2.25. The minimum Gasteiger partial charge on any atom is -0.329 e. The lowest BCUT2D eigenvalue weighted by molar-refractivity contribution is 0.881. The third-order valence-corrected chi connectivity index (χ3v) is 3.32. The van der Waals surface area contributed by atoms with E-state index in [1.54, 1.807) is 6.07 Å². The van der Waals surface area contributed by atoms with Gasteiger partial charge in [-0.05, 0) is 34.7 Å². The lowest BCUT2D eigenvalue weighted by Gasteiger charge is -2.01. The number of hydrogen-bond donors (Lipinski definition) is 1. The fourth-order valence-electron chi connectivity index (χ4n) is 1.62. The summed E-state index contributed by atoms with van der Waals surface area (Å²) in [4.78, 5) is 18.5. The van der Waals surface area contributed by atoms with Crippen LogP contribution in [-0.4, -0.2) is 19.6 Å². The van der Waals surface area contributed by atoms with Crippen LogP contribution < -0.4 is 5.69 Å². The fraction of sp³-hybridized carbons (Fsp3) is 0. The Labute approximate surface area is 108 Å². The average Bonchev–Trinajstić information content (AvgIpc) is 2.65. The molecule has 0 aliphatic heterocycles. The van der Waals surface area contributed by atoms with Crippen molar-refractivity contribution in [1.82, 2.24) is 19.6 Å². The van der Waals surface area contributed by atoms with Gasteiger partial charge in [0.1, 0.15) is 12.0 Å². The molecule has 0 atom stereocenters. The third kappa shape index (κ3) is 1.33. The van der Waals surface area contributed by atoms with E-state index in [1.165, 1.54) is 10.8 Å². The summed E-state index contributed by atoms with van der Waals surface area (Å²) >= 11 is 8.08. The zero-order valence-electron chi connectivity index (χ0n) is 7.74. The van der Waals surface area contributed by atoms with Gasteiger partial charge in [-0.1, -0.05) is 11.6 Å². The minimum absolute atomic E-state index is 0.415. The molecule has 80 valence electrons. The standard InChI is InChI=1S/C9H4ClIN4O/c10-4-1-5(11)7-6(2-4)14-9(16)15-8(7)12-3-13-15/h1-3H,(H,12,13). The number of H-pyrrole nitrogens is 1. The number of hydrogen-bond acceptors (Lipinski definition) is 3. The van der Waals surface area contributed by atoms with Crippen LogP contribution in [0.3, 0.4) is 0 Å². The maximum absolute atomic E-state index is 11.6. The molecule has 0 unspecified atom stereocenters. The van der Waals surface area contributed by atoms with E-state index in [0.717, 1.165) is 8.96 Å². The van der Waals surface area contributed by atoms with Gasteiger partial charge in [0.25, 0.3) is 0 Å². The first-order valence-corrected chi connectivity index (χ1v) is 5.83. The zero-order valence-corrected chi connectivity index (χ0v) is 10.7. The van der Waals surface area contributed by atoms with Crippen molar-refractivity contribution in [3.63, 3.8) is 0 Å². The first-order valence-electron chi connectivity index (χ1n) is 4.38. The second-order valence-electron chi connectivity index (χ2n) is 3.23. The lowest BCUT2D eigenvalue weighted by atomic mass is 10.2. The Hall–Kier alpha value is -1.15. The quantitative estimate of drug-likeness (QED) is 0.632. The van der Waals surface area contributed by atoms with Crippen LogP contribution in [0, 0.1) is 3.57 Å². The molecule has 0 amide bonds. The van der Waals surface area contributed by atoms with E-state index < -0.39 is 5.69 Å². The van der Waals surface area contributed by atoms with Crippen LogP contribution >= 0.6 is 34.2 Å². The Balaban J connectivity index is 2.70. The molecule has 5 nitrogen and oxygen atoms in total. The monoisotopic (exact) mass is 346 g/mol. The van der Waals surface area contributed by atoms with Gasteiger partial charge in [-0.15, -0.1) is 0 Å². The molecule has 1 aromatic carbocycles. The lowest BCUT2D eigenvalue weighted by Crippen LogP contribution is -2.17. The van der Waals surface area contributed by atoms with Crippen LogP contribution in [0.2, 0.25) is 5.02 Å². The molecule has 7 heteroatoms. The second-order valence-corrected chi connectivity index (χ2v) is 4.82. The molecule has 0 radical (unpaired) electrons. The van der Waals surface area contributed by atoms with Crippen LogP contribution in [0.4, 0.5) is 0 Å². The number of rotatable bonds is 0. The van der Waals surface area contributed by atoms with Crippen LogP contribution in [0.25, 0.3) is 16.6 Å². The Morgan fingerprint density at radius 3 is 3.06 bits per heavy atom. The second kappa shape index (κ2) is 3.42. The molecular formula is C9H4ClIN4O. The van der Waals surface area contributed by atoms with E-state index in [-0.39, 0.29) is 0 Å². The molecule has 0 saturated heterocycles. The van der Waals surface area contributed by atoms with Gasteiger partial charge in [0.2, 0.25) is 0 Å². The van der Waals surface area contributed by atoms with E-state index in [0.29, 0.717) is 16.2 Å². The number of aromatic nitrogens is 4. The normalized spacial score (nSPS) is 11.4. The molecule has 0 aliphatic rings. The summed E-state index contributed by atoms with van der Waals surface area (Å²) in [6.07, 6.45) is 1.46. The van der Waals surface area contributed by atoms with E-state index in [9.17, 15) is 4.79 Å². The highest BCUT2D eigenvalue weighted by molar-refractivity contribution is 14.1. The van der Waals surface area contributed by atoms with Crippen molar-refractivity contribution in [2.24, 2.45) is 0 Å². The molecule has 0 spiro atoms. The van der Waals surface area contributed by atoms with E-state index in [4.69, 9.17) is 11.6 Å². The summed E-state index contributed by atoms with van der Waals surface area (Å²) in [5.74, 6) is 0. The van der Waals surface area contributed by atoms with Crippen LogP contribution in [-0.2, 0) is 0 Å². The fourth-order valence-corrected chi connectivity index (χ4v) is 2.89. The van der Waals surface area contributed by atoms with Crippen LogP contribution in [0.1, 0.15) is 0 Å². The van der Waals surface area contributed by atoms with Gasteiger partial charge in [-0.25, -0.2) is 4.79 Å². The van der Waals surface area contributed by atoms with Crippen molar-refractivity contribution in [1.29, 1.82) is 0 Å². The number of nitrogens with one attached hydrogen (secondary N) is 1. The van der Waals surface area contributed by atoms with Gasteiger partial charge in [0.15, 0.2) is 0 Å². The van der Waals surface area contributed by atoms with E-state index >= 15 is 0 Å². The van der Waals surface area contributed by atoms with E-state index in [2.05, 4.69) is 37.7 Å². The molecular weight excluding hydrogens is 342 g/mol. The maximum atomic E-state index is 11.6. The van der Waals surface area contributed by atoms with Crippen molar-refractivity contribution < 1.29 is 0 Å². The molecule has 2 heterocycles. The topological polar surface area (TPSA) is 63.0 Å². The van der Waals surface area contributed by atoms with Crippen LogP contribution in [0.5, 0.6) is 0 Å². The van der Waals surface area contributed by atoms with Crippen molar-refractivity contribution in [2.45, 2.75) is 0 Å². The van der Waals surface area contributed by atoms with Crippen molar-refractivity contribution in [2.75, 3.05) is 0 Å². The van der Waals surface area contributed by atoms with Gasteiger partial charge in [0.05, 0.1) is 10.9 Å². The van der Waals surface area contributed by atoms with Gasteiger partial charge in [0, 0.05) is 8.59 Å². The molecule has 0 aliphatic carbocycles. The van der Waals surface area contributed by atoms with Crippen molar-refractivity contribution in [3.05, 3.63) is 37.5 Å². The first-order chi connectivity index (χ1) is 7.66. The Kier molecular flexibility index (Phi) is 2.15. The number of fused-ring (bicyclic) bond motifs is 3. The zero-order chi connectivity index (χ0) is 11.3. The van der Waals surface area contributed by atoms with E-state index in [1.807, 2.05) is 6.07 Å². The Bertz CT molecular complexity index is 763. The summed E-state index contributed by atoms with van der Waals surface area (Å²) in [5, 5.41) is 5.29. The predicted molar refractivity (Wildman–Crippen MR) is 68.8 cm³/mol. The molecule has 2 aromatic heterocycles. The number of aromatic amines is 1. The average molecular weight is 347 g/mol. The molecule has 0 bridgehead atoms.